The second-order valence-corrected chi connectivity index (χ2v) is 6.32. The first-order chi connectivity index (χ1) is 9.95. The zero-order chi connectivity index (χ0) is 14.8. The molecule has 1 aromatic carbocycles. The normalized spacial score (nSPS) is 27.0. The van der Waals surface area contributed by atoms with Crippen molar-refractivity contribution in [2.24, 2.45) is 5.73 Å². The van der Waals surface area contributed by atoms with Gasteiger partial charge in [-0.3, -0.25) is 9.78 Å². The SMILES string of the molecule is Cc1nc2cc(F)ccc2cc1C(=O)N1CC2(N)CC1C2. The molecule has 4 nitrogen and oxygen atoms in total. The van der Waals surface area contributed by atoms with E-state index in [0.29, 0.717) is 23.3 Å². The summed E-state index contributed by atoms with van der Waals surface area (Å²) in [5.74, 6) is -0.333. The molecule has 2 saturated heterocycles. The highest BCUT2D eigenvalue weighted by Gasteiger charge is 2.54. The van der Waals surface area contributed by atoms with Crippen LogP contribution in [0.25, 0.3) is 10.9 Å². The van der Waals surface area contributed by atoms with Crippen LogP contribution in [-0.4, -0.2) is 33.9 Å². The number of nitrogens with two attached hydrogens (primary N) is 1. The molecule has 0 spiro atoms. The van der Waals surface area contributed by atoms with Gasteiger partial charge in [-0.1, -0.05) is 0 Å². The maximum atomic E-state index is 13.2. The third kappa shape index (κ3) is 1.84. The Morgan fingerprint density at radius 2 is 2.19 bits per heavy atom. The molecule has 3 heterocycles. The van der Waals surface area contributed by atoms with Gasteiger partial charge < -0.3 is 10.6 Å². The molecule has 108 valence electrons. The summed E-state index contributed by atoms with van der Waals surface area (Å²) in [7, 11) is 0. The fourth-order valence-corrected chi connectivity index (χ4v) is 3.54. The van der Waals surface area contributed by atoms with Gasteiger partial charge in [0.1, 0.15) is 5.82 Å². The Labute approximate surface area is 121 Å². The first-order valence-electron chi connectivity index (χ1n) is 7.12. The average molecular weight is 285 g/mol. The Balaban J connectivity index is 1.74. The number of aryl methyl sites for hydroxylation is 1. The van der Waals surface area contributed by atoms with Gasteiger partial charge >= 0.3 is 0 Å². The molecule has 2 aromatic rings. The van der Waals surface area contributed by atoms with Crippen molar-refractivity contribution in [3.63, 3.8) is 0 Å². The van der Waals surface area contributed by atoms with Gasteiger partial charge in [-0.2, -0.15) is 0 Å². The predicted molar refractivity (Wildman–Crippen MR) is 77.4 cm³/mol. The molecule has 21 heavy (non-hydrogen) atoms. The van der Waals surface area contributed by atoms with Crippen molar-refractivity contribution >= 4 is 16.8 Å². The number of fused-ring (bicyclic) bond motifs is 2. The van der Waals surface area contributed by atoms with E-state index < -0.39 is 0 Å². The van der Waals surface area contributed by atoms with E-state index in [1.165, 1.54) is 12.1 Å². The van der Waals surface area contributed by atoms with E-state index in [0.717, 1.165) is 18.2 Å². The third-order valence-corrected chi connectivity index (χ3v) is 4.67. The molecule has 1 saturated carbocycles. The Hall–Kier alpha value is -2.01. The fraction of sp³-hybridized carbons (Fsp3) is 0.375. The number of rotatable bonds is 1. The zero-order valence-electron chi connectivity index (χ0n) is 11.8. The van der Waals surface area contributed by atoms with Gasteiger partial charge in [0.25, 0.3) is 5.91 Å². The van der Waals surface area contributed by atoms with Crippen LogP contribution < -0.4 is 5.73 Å². The lowest BCUT2D eigenvalue weighted by Gasteiger charge is -2.32. The highest BCUT2D eigenvalue weighted by atomic mass is 19.1. The molecule has 1 aromatic heterocycles. The molecule has 0 unspecified atom stereocenters. The summed E-state index contributed by atoms with van der Waals surface area (Å²) in [4.78, 5) is 18.9. The van der Waals surface area contributed by atoms with Crippen molar-refractivity contribution in [3.8, 4) is 0 Å². The van der Waals surface area contributed by atoms with Gasteiger partial charge in [0.15, 0.2) is 0 Å². The van der Waals surface area contributed by atoms with Crippen molar-refractivity contribution in [2.45, 2.75) is 31.3 Å². The quantitative estimate of drug-likeness (QED) is 0.871. The summed E-state index contributed by atoms with van der Waals surface area (Å²) >= 11 is 0. The molecule has 3 aliphatic rings. The van der Waals surface area contributed by atoms with Gasteiger partial charge in [-0.15, -0.1) is 0 Å². The molecule has 2 bridgehead atoms. The van der Waals surface area contributed by atoms with Crippen LogP contribution in [0.15, 0.2) is 24.3 Å². The summed E-state index contributed by atoms with van der Waals surface area (Å²) in [6.07, 6.45) is 1.79. The highest BCUT2D eigenvalue weighted by molar-refractivity contribution is 5.99. The highest BCUT2D eigenvalue weighted by Crippen LogP contribution is 2.43. The second kappa shape index (κ2) is 4.01. The number of pyridine rings is 1. The molecule has 2 aliphatic heterocycles. The van der Waals surface area contributed by atoms with Gasteiger partial charge in [0.05, 0.1) is 16.8 Å². The number of carbonyl (C=O) groups excluding carboxylic acids is 1. The zero-order valence-corrected chi connectivity index (χ0v) is 11.8. The van der Waals surface area contributed by atoms with Crippen LogP contribution in [-0.2, 0) is 0 Å². The first-order valence-corrected chi connectivity index (χ1v) is 7.12. The molecule has 5 heteroatoms. The van der Waals surface area contributed by atoms with Crippen molar-refractivity contribution < 1.29 is 9.18 Å². The molecule has 3 fully saturated rings. The first kappa shape index (κ1) is 12.7. The number of amides is 1. The summed E-state index contributed by atoms with van der Waals surface area (Å²) in [5, 5.41) is 0.777. The second-order valence-electron chi connectivity index (χ2n) is 6.32. The van der Waals surface area contributed by atoms with E-state index in [-0.39, 0.29) is 23.3 Å². The predicted octanol–water partition coefficient (Wildman–Crippen LogP) is 2.00. The molecule has 5 rings (SSSR count). The van der Waals surface area contributed by atoms with Gasteiger partial charge in [-0.25, -0.2) is 4.39 Å². The van der Waals surface area contributed by atoms with Gasteiger partial charge in [-0.05, 0) is 38.0 Å². The number of carbonyl (C=O) groups is 1. The fourth-order valence-electron chi connectivity index (χ4n) is 3.54. The van der Waals surface area contributed by atoms with Crippen LogP contribution in [0, 0.1) is 12.7 Å². The van der Waals surface area contributed by atoms with Gasteiger partial charge in [0, 0.05) is 29.6 Å². The molecular formula is C16H16FN3O. The Morgan fingerprint density at radius 1 is 1.43 bits per heavy atom. The summed E-state index contributed by atoms with van der Waals surface area (Å²) in [6.45, 7) is 2.41. The largest absolute Gasteiger partial charge is 0.334 e. The molecule has 1 amide bonds. The summed E-state index contributed by atoms with van der Waals surface area (Å²) in [6, 6.07) is 6.50. The number of benzene rings is 1. The topological polar surface area (TPSA) is 59.2 Å². The molecule has 1 aliphatic carbocycles. The van der Waals surface area contributed by atoms with Crippen molar-refractivity contribution in [3.05, 3.63) is 41.3 Å². The van der Waals surface area contributed by atoms with Crippen LogP contribution in [0.3, 0.4) is 0 Å². The van der Waals surface area contributed by atoms with E-state index in [4.69, 9.17) is 5.73 Å². The van der Waals surface area contributed by atoms with Crippen LogP contribution >= 0.6 is 0 Å². The molecule has 0 atom stereocenters. The van der Waals surface area contributed by atoms with E-state index in [1.54, 1.807) is 19.1 Å². The van der Waals surface area contributed by atoms with Crippen molar-refractivity contribution in [1.29, 1.82) is 0 Å². The average Bonchev–Trinajstić information content (AvgIpc) is 2.90. The van der Waals surface area contributed by atoms with E-state index >= 15 is 0 Å². The van der Waals surface area contributed by atoms with Crippen LogP contribution in [0.5, 0.6) is 0 Å². The lowest BCUT2D eigenvalue weighted by atomic mass is 9.79. The number of halogens is 1. The van der Waals surface area contributed by atoms with Crippen molar-refractivity contribution in [2.75, 3.05) is 6.54 Å². The molecular weight excluding hydrogens is 269 g/mol. The van der Waals surface area contributed by atoms with Crippen LogP contribution in [0.4, 0.5) is 4.39 Å². The van der Waals surface area contributed by atoms with E-state index in [2.05, 4.69) is 4.98 Å². The maximum absolute atomic E-state index is 13.2. The Kier molecular flexibility index (Phi) is 2.43. The van der Waals surface area contributed by atoms with E-state index in [1.807, 2.05) is 4.90 Å². The molecule has 2 N–H and O–H groups in total. The summed E-state index contributed by atoms with van der Waals surface area (Å²) < 4.78 is 13.2. The summed E-state index contributed by atoms with van der Waals surface area (Å²) in [5.41, 5.74) is 7.76. The number of hydrogen-bond donors (Lipinski definition) is 1. The number of nitrogens with zero attached hydrogens (tertiary/aromatic N) is 2. The van der Waals surface area contributed by atoms with E-state index in [9.17, 15) is 9.18 Å². The lowest BCUT2D eigenvalue weighted by Crippen LogP contribution is -2.48. The number of aromatic nitrogens is 1. The minimum absolute atomic E-state index is 0.0129. The lowest BCUT2D eigenvalue weighted by molar-refractivity contribution is 0.0749. The Bertz CT molecular complexity index is 767. The Morgan fingerprint density at radius 3 is 2.86 bits per heavy atom. The number of hydrogen-bond acceptors (Lipinski definition) is 3. The van der Waals surface area contributed by atoms with Crippen molar-refractivity contribution in [1.82, 2.24) is 9.88 Å². The monoisotopic (exact) mass is 285 g/mol. The molecule has 0 radical (unpaired) electrons. The van der Waals surface area contributed by atoms with Crippen LogP contribution in [0.2, 0.25) is 0 Å². The third-order valence-electron chi connectivity index (χ3n) is 4.67. The maximum Gasteiger partial charge on any atom is 0.256 e. The van der Waals surface area contributed by atoms with Gasteiger partial charge in [0.2, 0.25) is 0 Å². The minimum Gasteiger partial charge on any atom is -0.334 e. The van der Waals surface area contributed by atoms with Crippen LogP contribution in [0.1, 0.15) is 28.9 Å². The smallest absolute Gasteiger partial charge is 0.256 e. The minimum atomic E-state index is -0.320. The standard InChI is InChI=1S/C16H16FN3O/c1-9-13(4-10-2-3-11(17)5-14(10)19-9)15(21)20-8-16(18)6-12(20)7-16/h2-5,12H,6-8,18H2,1H3.